The van der Waals surface area contributed by atoms with E-state index < -0.39 is 0 Å². The lowest BCUT2D eigenvalue weighted by Gasteiger charge is -2.13. The van der Waals surface area contributed by atoms with E-state index in [1.807, 2.05) is 13.8 Å². The summed E-state index contributed by atoms with van der Waals surface area (Å²) in [7, 11) is 0. The van der Waals surface area contributed by atoms with Crippen LogP contribution in [-0.4, -0.2) is 17.5 Å². The molecule has 1 aliphatic rings. The summed E-state index contributed by atoms with van der Waals surface area (Å²) in [5.41, 5.74) is 0.403. The molecule has 0 aromatic carbocycles. The van der Waals surface area contributed by atoms with Crippen molar-refractivity contribution in [2.75, 3.05) is 6.54 Å². The number of rotatable bonds is 3. The van der Waals surface area contributed by atoms with E-state index in [0.29, 0.717) is 10.8 Å². The molecule has 1 aliphatic heterocycles. The number of hydrogen-bond acceptors (Lipinski definition) is 2. The highest BCUT2D eigenvalue weighted by atomic mass is 19.2. The van der Waals surface area contributed by atoms with E-state index in [1.165, 1.54) is 6.20 Å². The molecule has 0 radical (unpaired) electrons. The first-order chi connectivity index (χ1) is 5.65. The van der Waals surface area contributed by atoms with Crippen molar-refractivity contribution in [1.82, 2.24) is 10.4 Å². The molecule has 1 heterocycles. The topological polar surface area (TPSA) is 37.5 Å². The first-order valence-corrected chi connectivity index (χ1v) is 3.74. The van der Waals surface area contributed by atoms with Crippen LogP contribution in [-0.2, 0) is 0 Å². The number of nitrogens with one attached hydrogen (secondary N) is 1. The van der Waals surface area contributed by atoms with E-state index in [1.54, 1.807) is 0 Å². The third-order valence-electron chi connectivity index (χ3n) is 1.36. The second-order valence-corrected chi connectivity index (χ2v) is 3.05. The van der Waals surface area contributed by atoms with Gasteiger partial charge in [-0.1, -0.05) is 28.0 Å². The highest BCUT2D eigenvalue weighted by Crippen LogP contribution is 2.12. The van der Waals surface area contributed by atoms with Gasteiger partial charge in [-0.2, -0.15) is 5.12 Å². The maximum Gasteiger partial charge on any atom is 0.214 e. The van der Waals surface area contributed by atoms with Gasteiger partial charge in [-0.05, 0) is 5.92 Å². The molecule has 3 nitrogen and oxygen atoms in total. The van der Waals surface area contributed by atoms with Gasteiger partial charge in [-0.3, -0.25) is 0 Å². The Morgan fingerprint density at radius 3 is 2.67 bits per heavy atom. The van der Waals surface area contributed by atoms with Crippen molar-refractivity contribution < 1.29 is 8.96 Å². The number of nitrogens with zero attached hydrogens (tertiary/aromatic N) is 2. The van der Waals surface area contributed by atoms with Crippen LogP contribution in [0, 0.1) is 5.92 Å². The van der Waals surface area contributed by atoms with Crippen molar-refractivity contribution in [1.29, 1.82) is 0 Å². The highest BCUT2D eigenvalue weighted by molar-refractivity contribution is 5.99. The molecular weight excluding hydrogens is 164 g/mol. The molecule has 0 saturated heterocycles. The maximum absolute atomic E-state index is 13.0. The van der Waals surface area contributed by atoms with Gasteiger partial charge in [0.25, 0.3) is 0 Å². The Kier molecular flexibility index (Phi) is 2.62. The average Bonchev–Trinajstić information content (AvgIpc) is 2.70. The second-order valence-electron chi connectivity index (χ2n) is 3.05. The minimum Gasteiger partial charge on any atom is -0.355 e. The monoisotopic (exact) mass is 175 g/mol. The third-order valence-corrected chi connectivity index (χ3v) is 1.36. The summed E-state index contributed by atoms with van der Waals surface area (Å²) in [6, 6.07) is 0. The standard InChI is InChI=1S/C7H11F2N3/c1-5(2)4-12(9)7(11-8)6-3-10-6/h3,5,10H,4H2,1-2H3. The van der Waals surface area contributed by atoms with Crippen LogP contribution in [0.4, 0.5) is 8.96 Å². The van der Waals surface area contributed by atoms with E-state index in [0.717, 1.165) is 0 Å². The minimum absolute atomic E-state index is 0.131. The largest absolute Gasteiger partial charge is 0.355 e. The summed E-state index contributed by atoms with van der Waals surface area (Å²) >= 11 is 0. The van der Waals surface area contributed by atoms with Crippen LogP contribution in [0.3, 0.4) is 0 Å². The van der Waals surface area contributed by atoms with E-state index in [-0.39, 0.29) is 18.3 Å². The van der Waals surface area contributed by atoms with Crippen LogP contribution in [0.5, 0.6) is 0 Å². The molecule has 0 bridgehead atoms. The van der Waals surface area contributed by atoms with Crippen LogP contribution in [0.15, 0.2) is 17.1 Å². The fourth-order valence-corrected chi connectivity index (χ4v) is 0.789. The molecule has 0 spiro atoms. The molecule has 12 heavy (non-hydrogen) atoms. The molecule has 0 aromatic heterocycles. The lowest BCUT2D eigenvalue weighted by Crippen LogP contribution is -2.27. The van der Waals surface area contributed by atoms with E-state index in [2.05, 4.69) is 10.5 Å². The quantitative estimate of drug-likeness (QED) is 0.401. The van der Waals surface area contributed by atoms with Crippen LogP contribution >= 0.6 is 0 Å². The molecule has 0 unspecified atom stereocenters. The predicted octanol–water partition coefficient (Wildman–Crippen LogP) is 1.56. The molecule has 68 valence electrons. The lowest BCUT2D eigenvalue weighted by molar-refractivity contribution is 0.103. The number of amidine groups is 1. The summed E-state index contributed by atoms with van der Waals surface area (Å²) in [6.07, 6.45) is 1.49. The average molecular weight is 175 g/mol. The van der Waals surface area contributed by atoms with Crippen LogP contribution < -0.4 is 5.32 Å². The van der Waals surface area contributed by atoms with E-state index in [9.17, 15) is 8.96 Å². The fraction of sp³-hybridized carbons (Fsp3) is 0.571. The van der Waals surface area contributed by atoms with Crippen LogP contribution in [0.2, 0.25) is 0 Å². The second kappa shape index (κ2) is 3.51. The summed E-state index contributed by atoms with van der Waals surface area (Å²) in [4.78, 5) is 0. The molecule has 0 aliphatic carbocycles. The summed E-state index contributed by atoms with van der Waals surface area (Å²) in [6.45, 7) is 3.83. The Bertz CT molecular complexity index is 223. The van der Waals surface area contributed by atoms with Gasteiger partial charge in [0, 0.05) is 6.20 Å². The Morgan fingerprint density at radius 1 is 1.75 bits per heavy atom. The SMILES string of the molecule is CC(C)CN(F)C(=NF)C1=CN1. The van der Waals surface area contributed by atoms with E-state index in [4.69, 9.17) is 0 Å². The molecule has 0 fully saturated rings. The molecule has 0 aromatic rings. The molecule has 0 atom stereocenters. The van der Waals surface area contributed by atoms with Crippen LogP contribution in [0.25, 0.3) is 0 Å². The van der Waals surface area contributed by atoms with Crippen LogP contribution in [0.1, 0.15) is 13.8 Å². The van der Waals surface area contributed by atoms with Crippen molar-refractivity contribution in [2.45, 2.75) is 13.8 Å². The van der Waals surface area contributed by atoms with Gasteiger partial charge in [0.15, 0.2) is 0 Å². The van der Waals surface area contributed by atoms with Gasteiger partial charge < -0.3 is 5.32 Å². The summed E-state index contributed by atoms with van der Waals surface area (Å²) < 4.78 is 24.9. The smallest absolute Gasteiger partial charge is 0.214 e. The van der Waals surface area contributed by atoms with Crippen molar-refractivity contribution in [3.05, 3.63) is 11.9 Å². The first-order valence-electron chi connectivity index (χ1n) is 3.74. The fourth-order valence-electron chi connectivity index (χ4n) is 0.789. The van der Waals surface area contributed by atoms with Crippen molar-refractivity contribution in [3.8, 4) is 0 Å². The normalized spacial score (nSPS) is 15.8. The number of hydrogen-bond donors (Lipinski definition) is 1. The third kappa shape index (κ3) is 2.18. The first kappa shape index (κ1) is 8.96. The molecule has 0 saturated carbocycles. The highest BCUT2D eigenvalue weighted by Gasteiger charge is 2.22. The molecule has 1 rings (SSSR count). The zero-order valence-corrected chi connectivity index (χ0v) is 7.01. The molecule has 1 N–H and O–H groups in total. The van der Waals surface area contributed by atoms with Gasteiger partial charge in [-0.15, -0.1) is 0 Å². The van der Waals surface area contributed by atoms with Crippen molar-refractivity contribution in [3.63, 3.8) is 0 Å². The Balaban J connectivity index is 2.48. The van der Waals surface area contributed by atoms with Gasteiger partial charge in [-0.25, -0.2) is 0 Å². The molecule has 5 heteroatoms. The summed E-state index contributed by atoms with van der Waals surface area (Å²) in [5, 5.41) is 5.22. The van der Waals surface area contributed by atoms with Crippen molar-refractivity contribution in [2.24, 2.45) is 11.1 Å². The van der Waals surface area contributed by atoms with Crippen molar-refractivity contribution >= 4 is 5.84 Å². The minimum atomic E-state index is -0.274. The van der Waals surface area contributed by atoms with Gasteiger partial charge in [0.05, 0.1) is 6.54 Å². The predicted molar refractivity (Wildman–Crippen MR) is 42.4 cm³/mol. The maximum atomic E-state index is 13.0. The van der Waals surface area contributed by atoms with Gasteiger partial charge in [0.2, 0.25) is 5.84 Å². The Hall–Kier alpha value is -1.13. The van der Waals surface area contributed by atoms with Gasteiger partial charge >= 0.3 is 0 Å². The Morgan fingerprint density at radius 2 is 2.33 bits per heavy atom. The number of halogens is 2. The lowest BCUT2D eigenvalue weighted by atomic mass is 10.2. The van der Waals surface area contributed by atoms with E-state index >= 15 is 0 Å². The molecule has 0 amide bonds. The zero-order chi connectivity index (χ0) is 9.14. The van der Waals surface area contributed by atoms with Gasteiger partial charge in [0.1, 0.15) is 5.70 Å². The summed E-state index contributed by atoms with van der Waals surface area (Å²) in [5.74, 6) is -0.144. The molecular formula is C7H11F2N3. The Labute approximate surface area is 69.6 Å². The zero-order valence-electron chi connectivity index (χ0n) is 7.01.